The van der Waals surface area contributed by atoms with Crippen LogP contribution in [-0.4, -0.2) is 60.2 Å². The quantitative estimate of drug-likeness (QED) is 0.713. The molecule has 2 rings (SSSR count). The smallest absolute Gasteiger partial charge is 0.209 e. The van der Waals surface area contributed by atoms with Crippen LogP contribution in [0, 0.1) is 5.92 Å². The lowest BCUT2D eigenvalue weighted by atomic mass is 10.0. The van der Waals surface area contributed by atoms with Gasteiger partial charge in [0.05, 0.1) is 26.4 Å². The van der Waals surface area contributed by atoms with Crippen molar-refractivity contribution in [2.75, 3.05) is 40.0 Å². The molecule has 1 aliphatic rings. The van der Waals surface area contributed by atoms with Crippen molar-refractivity contribution < 1.29 is 14.4 Å². The highest BCUT2D eigenvalue weighted by Gasteiger charge is 2.33. The number of ether oxygens (including phenoxy) is 2. The molecule has 19 heavy (non-hydrogen) atoms. The molecule has 7 nitrogen and oxygen atoms in total. The molecule has 0 radical (unpaired) electrons. The number of nitrogens with one attached hydrogen (secondary N) is 1. The Bertz CT molecular complexity index is 376. The van der Waals surface area contributed by atoms with Crippen molar-refractivity contribution in [3.63, 3.8) is 0 Å². The molecule has 1 saturated heterocycles. The first-order valence-electron chi connectivity index (χ1n) is 6.91. The standard InChI is InChI=1S/C12H23N5O2/c1-10(2)11(16-4-8-19-9-5-16)12-13-14-15-17(12)6-7-18-3/h10-11H,4-9H2,1-3H3/p+1/t11-/m0/s1. The van der Waals surface area contributed by atoms with E-state index in [0.29, 0.717) is 25.1 Å². The van der Waals surface area contributed by atoms with E-state index in [0.717, 1.165) is 32.1 Å². The highest BCUT2D eigenvalue weighted by Crippen LogP contribution is 2.16. The zero-order chi connectivity index (χ0) is 13.7. The number of methoxy groups -OCH3 is 1. The second kappa shape index (κ2) is 6.93. The Hall–Kier alpha value is -1.05. The van der Waals surface area contributed by atoms with E-state index in [2.05, 4.69) is 29.4 Å². The highest BCUT2D eigenvalue weighted by molar-refractivity contribution is 4.89. The van der Waals surface area contributed by atoms with Crippen molar-refractivity contribution in [3.05, 3.63) is 5.82 Å². The van der Waals surface area contributed by atoms with Crippen molar-refractivity contribution in [1.82, 2.24) is 20.2 Å². The summed E-state index contributed by atoms with van der Waals surface area (Å²) in [5.74, 6) is 1.45. The molecule has 0 aromatic carbocycles. The van der Waals surface area contributed by atoms with Crippen LogP contribution in [-0.2, 0) is 16.0 Å². The van der Waals surface area contributed by atoms with Gasteiger partial charge in [-0.2, -0.15) is 0 Å². The van der Waals surface area contributed by atoms with Gasteiger partial charge < -0.3 is 14.4 Å². The minimum absolute atomic E-state index is 0.316. The first-order valence-corrected chi connectivity index (χ1v) is 6.91. The van der Waals surface area contributed by atoms with E-state index in [9.17, 15) is 0 Å². The van der Waals surface area contributed by atoms with Crippen LogP contribution in [0.4, 0.5) is 0 Å². The third-order valence-corrected chi connectivity index (χ3v) is 3.59. The van der Waals surface area contributed by atoms with Crippen molar-refractivity contribution in [3.8, 4) is 0 Å². The normalized spacial score (nSPS) is 18.9. The molecule has 0 spiro atoms. The fourth-order valence-electron chi connectivity index (χ4n) is 2.67. The molecule has 1 N–H and O–H groups in total. The summed E-state index contributed by atoms with van der Waals surface area (Å²) in [5, 5.41) is 12.2. The molecule has 2 heterocycles. The third-order valence-electron chi connectivity index (χ3n) is 3.59. The number of hydrogen-bond donors (Lipinski definition) is 1. The number of rotatable bonds is 6. The van der Waals surface area contributed by atoms with Gasteiger partial charge in [-0.15, -0.1) is 5.10 Å². The van der Waals surface area contributed by atoms with E-state index < -0.39 is 0 Å². The van der Waals surface area contributed by atoms with Crippen LogP contribution in [0.2, 0.25) is 0 Å². The van der Waals surface area contributed by atoms with Crippen molar-refractivity contribution in [1.29, 1.82) is 0 Å². The maximum Gasteiger partial charge on any atom is 0.209 e. The van der Waals surface area contributed by atoms with Gasteiger partial charge in [0.25, 0.3) is 0 Å². The van der Waals surface area contributed by atoms with Gasteiger partial charge in [0, 0.05) is 13.0 Å². The maximum atomic E-state index is 5.44. The molecule has 0 unspecified atom stereocenters. The molecule has 1 aliphatic heterocycles. The molecular formula is C12H24N5O2+. The molecule has 1 fully saturated rings. The number of morpholine rings is 1. The number of aromatic nitrogens is 4. The minimum atomic E-state index is 0.316. The average Bonchev–Trinajstić information content (AvgIpc) is 2.85. The Balaban J connectivity index is 2.16. The fraction of sp³-hybridized carbons (Fsp3) is 0.917. The third kappa shape index (κ3) is 3.49. The zero-order valence-electron chi connectivity index (χ0n) is 12.0. The second-order valence-corrected chi connectivity index (χ2v) is 5.25. The molecule has 1 aromatic heterocycles. The summed E-state index contributed by atoms with van der Waals surface area (Å²) in [6.45, 7) is 9.44. The summed E-state index contributed by atoms with van der Waals surface area (Å²) < 4.78 is 12.4. The topological polar surface area (TPSA) is 66.5 Å². The summed E-state index contributed by atoms with van der Waals surface area (Å²) in [5.41, 5.74) is 0. The van der Waals surface area contributed by atoms with Crippen LogP contribution >= 0.6 is 0 Å². The molecule has 108 valence electrons. The monoisotopic (exact) mass is 270 g/mol. The summed E-state index contributed by atoms with van der Waals surface area (Å²) >= 11 is 0. The largest absolute Gasteiger partial charge is 0.383 e. The summed E-state index contributed by atoms with van der Waals surface area (Å²) in [4.78, 5) is 1.51. The predicted octanol–water partition coefficient (Wildman–Crippen LogP) is -1.07. The first-order chi connectivity index (χ1) is 9.24. The molecule has 7 heteroatoms. The van der Waals surface area contributed by atoms with Gasteiger partial charge in [-0.05, 0) is 10.4 Å². The lowest BCUT2D eigenvalue weighted by Gasteiger charge is -2.32. The van der Waals surface area contributed by atoms with Gasteiger partial charge in [0.15, 0.2) is 6.04 Å². The minimum Gasteiger partial charge on any atom is -0.383 e. The Labute approximate surface area is 113 Å². The zero-order valence-corrected chi connectivity index (χ0v) is 12.0. The number of nitrogens with zero attached hydrogens (tertiary/aromatic N) is 4. The molecular weight excluding hydrogens is 246 g/mol. The van der Waals surface area contributed by atoms with Crippen molar-refractivity contribution in [2.45, 2.75) is 26.4 Å². The van der Waals surface area contributed by atoms with Crippen LogP contribution in [0.25, 0.3) is 0 Å². The van der Waals surface area contributed by atoms with E-state index in [1.807, 2.05) is 4.68 Å². The summed E-state index contributed by atoms with van der Waals surface area (Å²) in [6.07, 6.45) is 0. The summed E-state index contributed by atoms with van der Waals surface area (Å²) in [7, 11) is 1.69. The van der Waals surface area contributed by atoms with E-state index in [4.69, 9.17) is 9.47 Å². The van der Waals surface area contributed by atoms with E-state index >= 15 is 0 Å². The number of tetrazole rings is 1. The lowest BCUT2D eigenvalue weighted by Crippen LogP contribution is -3.15. The highest BCUT2D eigenvalue weighted by atomic mass is 16.5. The second-order valence-electron chi connectivity index (χ2n) is 5.25. The average molecular weight is 270 g/mol. The first kappa shape index (κ1) is 14.4. The molecule has 1 aromatic rings. The Kier molecular flexibility index (Phi) is 5.24. The van der Waals surface area contributed by atoms with Crippen LogP contribution in [0.1, 0.15) is 25.7 Å². The molecule has 0 bridgehead atoms. The van der Waals surface area contributed by atoms with Gasteiger partial charge in [0.2, 0.25) is 5.82 Å². The van der Waals surface area contributed by atoms with Gasteiger partial charge >= 0.3 is 0 Å². The maximum absolute atomic E-state index is 5.44. The fourth-order valence-corrected chi connectivity index (χ4v) is 2.67. The van der Waals surface area contributed by atoms with Gasteiger partial charge in [-0.3, -0.25) is 0 Å². The van der Waals surface area contributed by atoms with E-state index in [1.165, 1.54) is 4.90 Å². The van der Waals surface area contributed by atoms with Gasteiger partial charge in [0.1, 0.15) is 13.1 Å². The van der Waals surface area contributed by atoms with Crippen LogP contribution in [0.3, 0.4) is 0 Å². The lowest BCUT2D eigenvalue weighted by molar-refractivity contribution is -0.943. The predicted molar refractivity (Wildman–Crippen MR) is 68.8 cm³/mol. The molecule has 0 saturated carbocycles. The molecule has 0 amide bonds. The van der Waals surface area contributed by atoms with Gasteiger partial charge in [-0.1, -0.05) is 13.8 Å². The van der Waals surface area contributed by atoms with Crippen LogP contribution in [0.5, 0.6) is 0 Å². The molecule has 1 atom stereocenters. The van der Waals surface area contributed by atoms with Crippen molar-refractivity contribution in [2.24, 2.45) is 5.92 Å². The van der Waals surface area contributed by atoms with Crippen LogP contribution in [0.15, 0.2) is 0 Å². The summed E-state index contributed by atoms with van der Waals surface area (Å²) in [6, 6.07) is 0.316. The Morgan fingerprint density at radius 2 is 2.11 bits per heavy atom. The molecule has 0 aliphatic carbocycles. The van der Waals surface area contributed by atoms with Crippen LogP contribution < -0.4 is 4.90 Å². The van der Waals surface area contributed by atoms with E-state index in [-0.39, 0.29) is 0 Å². The number of hydrogen-bond acceptors (Lipinski definition) is 5. The Morgan fingerprint density at radius 1 is 1.37 bits per heavy atom. The van der Waals surface area contributed by atoms with Gasteiger partial charge in [-0.25, -0.2) is 4.68 Å². The SMILES string of the molecule is COCCn1nnnc1[C@H](C(C)C)[NH+]1CCOCC1. The van der Waals surface area contributed by atoms with E-state index in [1.54, 1.807) is 7.11 Å². The van der Waals surface area contributed by atoms with Crippen molar-refractivity contribution >= 4 is 0 Å². The number of quaternary nitrogens is 1. The Morgan fingerprint density at radius 3 is 2.74 bits per heavy atom.